The summed E-state index contributed by atoms with van der Waals surface area (Å²) < 4.78 is 0.702. The first-order chi connectivity index (χ1) is 7.95. The van der Waals surface area contributed by atoms with Crippen molar-refractivity contribution in [2.75, 3.05) is 12.3 Å². The van der Waals surface area contributed by atoms with Crippen molar-refractivity contribution in [1.82, 2.24) is 5.32 Å². The number of nitrogen functional groups attached to an aromatic ring is 1. The maximum Gasteiger partial charge on any atom is 0.251 e. The summed E-state index contributed by atoms with van der Waals surface area (Å²) in [4.78, 5) is 11.9. The van der Waals surface area contributed by atoms with Crippen LogP contribution < -0.4 is 11.1 Å². The van der Waals surface area contributed by atoms with E-state index >= 15 is 0 Å². The molecule has 1 amide bonds. The average Bonchev–Trinajstić information content (AvgIpc) is 2.31. The standard InChI is InChI=1S/C12H17BrN2O2/c1-7(6-16)8(2)15-12(17)9-3-4-11(14)10(13)5-9/h3-5,7-8,16H,6,14H2,1-2H3,(H,15,17). The van der Waals surface area contributed by atoms with Crippen molar-refractivity contribution >= 4 is 27.5 Å². The van der Waals surface area contributed by atoms with E-state index in [9.17, 15) is 4.79 Å². The molecule has 0 saturated heterocycles. The van der Waals surface area contributed by atoms with Gasteiger partial charge >= 0.3 is 0 Å². The zero-order valence-electron chi connectivity index (χ0n) is 9.90. The number of amides is 1. The molecule has 4 nitrogen and oxygen atoms in total. The van der Waals surface area contributed by atoms with Crippen LogP contribution in [0.25, 0.3) is 0 Å². The molecule has 0 heterocycles. The van der Waals surface area contributed by atoms with E-state index in [2.05, 4.69) is 21.2 Å². The molecule has 0 bridgehead atoms. The molecule has 0 fully saturated rings. The van der Waals surface area contributed by atoms with E-state index in [1.807, 2.05) is 13.8 Å². The molecule has 0 aliphatic rings. The normalized spacial score (nSPS) is 14.1. The SMILES string of the molecule is CC(CO)C(C)NC(=O)c1ccc(N)c(Br)c1. The van der Waals surface area contributed by atoms with E-state index in [4.69, 9.17) is 10.8 Å². The first-order valence-corrected chi connectivity index (χ1v) is 6.21. The maximum atomic E-state index is 11.9. The molecule has 4 N–H and O–H groups in total. The molecule has 1 aromatic carbocycles. The minimum absolute atomic E-state index is 0.0242. The van der Waals surface area contributed by atoms with E-state index in [-0.39, 0.29) is 24.5 Å². The molecular formula is C12H17BrN2O2. The van der Waals surface area contributed by atoms with E-state index in [0.29, 0.717) is 15.7 Å². The molecule has 2 unspecified atom stereocenters. The van der Waals surface area contributed by atoms with Crippen molar-refractivity contribution in [1.29, 1.82) is 0 Å². The van der Waals surface area contributed by atoms with Gasteiger partial charge in [0.15, 0.2) is 0 Å². The second kappa shape index (κ2) is 6.02. The van der Waals surface area contributed by atoms with Crippen LogP contribution in [-0.4, -0.2) is 23.7 Å². The molecule has 5 heteroatoms. The maximum absolute atomic E-state index is 11.9. The van der Waals surface area contributed by atoms with Crippen LogP contribution >= 0.6 is 15.9 Å². The lowest BCUT2D eigenvalue weighted by atomic mass is 10.0. The Bertz CT molecular complexity index is 409. The highest BCUT2D eigenvalue weighted by atomic mass is 79.9. The van der Waals surface area contributed by atoms with Crippen molar-refractivity contribution in [2.24, 2.45) is 5.92 Å². The van der Waals surface area contributed by atoms with Crippen molar-refractivity contribution in [3.8, 4) is 0 Å². The van der Waals surface area contributed by atoms with Gasteiger partial charge in [-0.2, -0.15) is 0 Å². The zero-order valence-corrected chi connectivity index (χ0v) is 11.5. The first-order valence-electron chi connectivity index (χ1n) is 5.42. The van der Waals surface area contributed by atoms with Crippen molar-refractivity contribution in [3.63, 3.8) is 0 Å². The van der Waals surface area contributed by atoms with Gasteiger partial charge in [-0.3, -0.25) is 4.79 Å². The van der Waals surface area contributed by atoms with Gasteiger partial charge in [0.2, 0.25) is 0 Å². The van der Waals surface area contributed by atoms with Gasteiger partial charge in [0.05, 0.1) is 0 Å². The highest BCUT2D eigenvalue weighted by Gasteiger charge is 2.15. The molecule has 0 aromatic heterocycles. The van der Waals surface area contributed by atoms with E-state index < -0.39 is 0 Å². The van der Waals surface area contributed by atoms with Crippen LogP contribution in [0.3, 0.4) is 0 Å². The number of benzene rings is 1. The fourth-order valence-corrected chi connectivity index (χ4v) is 1.64. The van der Waals surface area contributed by atoms with E-state index in [1.165, 1.54) is 0 Å². The summed E-state index contributed by atoms with van der Waals surface area (Å²) >= 11 is 3.28. The predicted octanol–water partition coefficient (Wildman–Crippen LogP) is 1.78. The van der Waals surface area contributed by atoms with Crippen LogP contribution in [0.5, 0.6) is 0 Å². The molecule has 17 heavy (non-hydrogen) atoms. The number of carbonyl (C=O) groups excluding carboxylic acids is 1. The molecule has 94 valence electrons. The summed E-state index contributed by atoms with van der Waals surface area (Å²) in [6.45, 7) is 3.79. The van der Waals surface area contributed by atoms with Gasteiger partial charge in [-0.05, 0) is 47.0 Å². The Morgan fingerprint density at radius 2 is 2.18 bits per heavy atom. The third-order valence-corrected chi connectivity index (χ3v) is 3.45. The molecule has 0 radical (unpaired) electrons. The van der Waals surface area contributed by atoms with Crippen molar-refractivity contribution in [3.05, 3.63) is 28.2 Å². The number of hydrogen-bond acceptors (Lipinski definition) is 3. The monoisotopic (exact) mass is 300 g/mol. The van der Waals surface area contributed by atoms with Crippen LogP contribution in [0.1, 0.15) is 24.2 Å². The number of nitrogens with one attached hydrogen (secondary N) is 1. The van der Waals surface area contributed by atoms with E-state index in [0.717, 1.165) is 0 Å². The Labute approximate surface area is 109 Å². The lowest BCUT2D eigenvalue weighted by Gasteiger charge is -2.19. The highest BCUT2D eigenvalue weighted by Crippen LogP contribution is 2.20. The molecule has 0 saturated carbocycles. The predicted molar refractivity (Wildman–Crippen MR) is 71.7 cm³/mol. The Balaban J connectivity index is 2.73. The number of hydrogen-bond donors (Lipinski definition) is 3. The molecule has 1 rings (SSSR count). The lowest BCUT2D eigenvalue weighted by Crippen LogP contribution is -2.38. The van der Waals surface area contributed by atoms with E-state index in [1.54, 1.807) is 18.2 Å². The quantitative estimate of drug-likeness (QED) is 0.742. The van der Waals surface area contributed by atoms with Crippen LogP contribution in [0.2, 0.25) is 0 Å². The minimum Gasteiger partial charge on any atom is -0.398 e. The van der Waals surface area contributed by atoms with Crippen LogP contribution in [-0.2, 0) is 0 Å². The third kappa shape index (κ3) is 3.71. The van der Waals surface area contributed by atoms with Crippen molar-refractivity contribution in [2.45, 2.75) is 19.9 Å². The zero-order chi connectivity index (χ0) is 13.0. The molecule has 0 spiro atoms. The smallest absolute Gasteiger partial charge is 0.251 e. The van der Waals surface area contributed by atoms with Crippen LogP contribution in [0.4, 0.5) is 5.69 Å². The van der Waals surface area contributed by atoms with Crippen molar-refractivity contribution < 1.29 is 9.90 Å². The number of carbonyl (C=O) groups is 1. The van der Waals surface area contributed by atoms with Gasteiger partial charge in [-0.25, -0.2) is 0 Å². The molecule has 1 aromatic rings. The van der Waals surface area contributed by atoms with Gasteiger partial charge in [0.1, 0.15) is 0 Å². The summed E-state index contributed by atoms with van der Waals surface area (Å²) in [5.41, 5.74) is 6.79. The lowest BCUT2D eigenvalue weighted by molar-refractivity contribution is 0.0916. The number of rotatable bonds is 4. The van der Waals surface area contributed by atoms with Gasteiger partial charge in [0, 0.05) is 28.4 Å². The molecule has 0 aliphatic heterocycles. The summed E-state index contributed by atoms with van der Waals surface area (Å²) in [7, 11) is 0. The summed E-state index contributed by atoms with van der Waals surface area (Å²) in [6, 6.07) is 4.95. The minimum atomic E-state index is -0.168. The van der Waals surface area contributed by atoms with Gasteiger partial charge in [0.25, 0.3) is 5.91 Å². The largest absolute Gasteiger partial charge is 0.398 e. The first kappa shape index (κ1) is 14.0. The Hall–Kier alpha value is -1.07. The van der Waals surface area contributed by atoms with Gasteiger partial charge in [-0.15, -0.1) is 0 Å². The third-order valence-electron chi connectivity index (χ3n) is 2.76. The number of aliphatic hydroxyl groups excluding tert-OH is 1. The van der Waals surface area contributed by atoms with Gasteiger partial charge in [-0.1, -0.05) is 6.92 Å². The van der Waals surface area contributed by atoms with Crippen LogP contribution in [0, 0.1) is 5.92 Å². The number of aliphatic hydroxyl groups is 1. The number of halogens is 1. The summed E-state index contributed by atoms with van der Waals surface area (Å²) in [6.07, 6.45) is 0. The average molecular weight is 301 g/mol. The second-order valence-corrected chi connectivity index (χ2v) is 5.01. The summed E-state index contributed by atoms with van der Waals surface area (Å²) in [5.74, 6) is -0.144. The fraction of sp³-hybridized carbons (Fsp3) is 0.417. The Morgan fingerprint density at radius 1 is 1.53 bits per heavy atom. The molecule has 0 aliphatic carbocycles. The Kier molecular flexibility index (Phi) is 4.96. The van der Waals surface area contributed by atoms with Crippen LogP contribution in [0.15, 0.2) is 22.7 Å². The molecular weight excluding hydrogens is 284 g/mol. The molecule has 2 atom stereocenters. The topological polar surface area (TPSA) is 75.3 Å². The Morgan fingerprint density at radius 3 is 2.71 bits per heavy atom. The highest BCUT2D eigenvalue weighted by molar-refractivity contribution is 9.10. The number of anilines is 1. The fourth-order valence-electron chi connectivity index (χ4n) is 1.26. The summed E-state index contributed by atoms with van der Waals surface area (Å²) in [5, 5.41) is 11.8. The second-order valence-electron chi connectivity index (χ2n) is 4.16. The number of nitrogens with two attached hydrogens (primary N) is 1. The van der Waals surface area contributed by atoms with Gasteiger partial charge < -0.3 is 16.2 Å².